The molecule has 0 aromatic heterocycles. The van der Waals surface area contributed by atoms with Crippen molar-refractivity contribution in [2.75, 3.05) is 11.9 Å². The molecule has 1 fully saturated rings. The molecule has 1 heterocycles. The van der Waals surface area contributed by atoms with Crippen LogP contribution in [0.25, 0.3) is 0 Å². The molecule has 0 bridgehead atoms. The average Bonchev–Trinajstić information content (AvgIpc) is 2.65. The van der Waals surface area contributed by atoms with Crippen LogP contribution in [0.2, 0.25) is 0 Å². The number of hydrogen-bond donors (Lipinski definition) is 4. The zero-order chi connectivity index (χ0) is 20.3. The summed E-state index contributed by atoms with van der Waals surface area (Å²) in [5, 5.41) is 17.6. The number of carbonyl (C=O) groups excluding carboxylic acids is 2. The number of urea groups is 1. The summed E-state index contributed by atoms with van der Waals surface area (Å²) in [5.41, 5.74) is 0.733. The zero-order valence-corrected chi connectivity index (χ0v) is 15.2. The number of ether oxygens (including phenoxy) is 1. The maximum Gasteiger partial charge on any atom is 0.319 e. The van der Waals surface area contributed by atoms with Crippen LogP contribution in [0.4, 0.5) is 14.9 Å². The SMILES string of the molecule is C=C1NC(=O)N[C@H](c2ccc(O)c(OCC)c2)[C@H]1C(=O)Nc1ccccc1F. The van der Waals surface area contributed by atoms with Crippen LogP contribution in [0.15, 0.2) is 54.7 Å². The minimum atomic E-state index is -0.920. The summed E-state index contributed by atoms with van der Waals surface area (Å²) >= 11 is 0. The standard InChI is InChI=1S/C20H20FN3O4/c1-3-28-16-10-12(8-9-15(16)25)18-17(11(2)22-20(27)24-18)19(26)23-14-7-5-4-6-13(14)21/h4-10,17-18,25H,2-3H2,1H3,(H,23,26)(H2,22,24,27)/t17-,18+/m0/s1. The molecule has 1 saturated heterocycles. The molecule has 146 valence electrons. The first kappa shape index (κ1) is 19.2. The van der Waals surface area contributed by atoms with Crippen LogP contribution in [0.3, 0.4) is 0 Å². The van der Waals surface area contributed by atoms with Crippen LogP contribution in [0.1, 0.15) is 18.5 Å². The first-order valence-electron chi connectivity index (χ1n) is 8.68. The Bertz CT molecular complexity index is 931. The maximum atomic E-state index is 13.9. The molecule has 0 unspecified atom stereocenters. The van der Waals surface area contributed by atoms with Gasteiger partial charge in [0.2, 0.25) is 5.91 Å². The number of carbonyl (C=O) groups is 2. The van der Waals surface area contributed by atoms with Gasteiger partial charge in [-0.3, -0.25) is 4.79 Å². The second-order valence-corrected chi connectivity index (χ2v) is 6.21. The molecule has 0 saturated carbocycles. The lowest BCUT2D eigenvalue weighted by atomic mass is 9.88. The van der Waals surface area contributed by atoms with Gasteiger partial charge in [-0.15, -0.1) is 0 Å². The van der Waals surface area contributed by atoms with E-state index in [0.717, 1.165) is 0 Å². The van der Waals surface area contributed by atoms with Gasteiger partial charge in [-0.1, -0.05) is 24.8 Å². The van der Waals surface area contributed by atoms with Gasteiger partial charge >= 0.3 is 6.03 Å². The predicted octanol–water partition coefficient (Wildman–Crippen LogP) is 3.05. The minimum absolute atomic E-state index is 0.0247. The van der Waals surface area contributed by atoms with Crippen molar-refractivity contribution in [3.05, 3.63) is 66.1 Å². The van der Waals surface area contributed by atoms with E-state index in [1.54, 1.807) is 25.1 Å². The van der Waals surface area contributed by atoms with Crippen LogP contribution in [0, 0.1) is 11.7 Å². The Morgan fingerprint density at radius 2 is 2.07 bits per heavy atom. The molecule has 1 aliphatic heterocycles. The molecule has 3 amide bonds. The summed E-state index contributed by atoms with van der Waals surface area (Å²) in [4.78, 5) is 24.8. The van der Waals surface area contributed by atoms with Crippen molar-refractivity contribution in [2.45, 2.75) is 13.0 Å². The quantitative estimate of drug-likeness (QED) is 0.636. The number of hydrogen-bond acceptors (Lipinski definition) is 4. The average molecular weight is 385 g/mol. The molecular formula is C20H20FN3O4. The van der Waals surface area contributed by atoms with E-state index in [9.17, 15) is 19.1 Å². The summed E-state index contributed by atoms with van der Waals surface area (Å²) in [5.74, 6) is -1.87. The molecule has 28 heavy (non-hydrogen) atoms. The van der Waals surface area contributed by atoms with E-state index in [4.69, 9.17) is 4.74 Å². The monoisotopic (exact) mass is 385 g/mol. The third-order valence-corrected chi connectivity index (χ3v) is 4.33. The van der Waals surface area contributed by atoms with Crippen LogP contribution in [-0.2, 0) is 4.79 Å². The second-order valence-electron chi connectivity index (χ2n) is 6.21. The molecule has 7 nitrogen and oxygen atoms in total. The summed E-state index contributed by atoms with van der Waals surface area (Å²) in [7, 11) is 0. The lowest BCUT2D eigenvalue weighted by Crippen LogP contribution is -2.51. The Morgan fingerprint density at radius 3 is 2.79 bits per heavy atom. The third-order valence-electron chi connectivity index (χ3n) is 4.33. The number of phenols is 1. The van der Waals surface area contributed by atoms with Gasteiger partial charge in [-0.05, 0) is 36.8 Å². The highest BCUT2D eigenvalue weighted by molar-refractivity contribution is 5.97. The fraction of sp³-hybridized carbons (Fsp3) is 0.200. The molecular weight excluding hydrogens is 365 g/mol. The van der Waals surface area contributed by atoms with Gasteiger partial charge in [0, 0.05) is 5.70 Å². The minimum Gasteiger partial charge on any atom is -0.504 e. The van der Waals surface area contributed by atoms with Crippen molar-refractivity contribution in [1.29, 1.82) is 0 Å². The number of aromatic hydroxyl groups is 1. The highest BCUT2D eigenvalue weighted by Crippen LogP contribution is 2.35. The number of amides is 3. The summed E-state index contributed by atoms with van der Waals surface area (Å²) in [6, 6.07) is 9.02. The van der Waals surface area contributed by atoms with Crippen molar-refractivity contribution in [3.8, 4) is 11.5 Å². The molecule has 8 heteroatoms. The van der Waals surface area contributed by atoms with E-state index in [0.29, 0.717) is 12.2 Å². The Hall–Kier alpha value is -3.55. The van der Waals surface area contributed by atoms with E-state index in [2.05, 4.69) is 22.5 Å². The Morgan fingerprint density at radius 1 is 1.32 bits per heavy atom. The van der Waals surface area contributed by atoms with Crippen molar-refractivity contribution in [3.63, 3.8) is 0 Å². The number of anilines is 1. The van der Waals surface area contributed by atoms with Gasteiger partial charge < -0.3 is 25.8 Å². The first-order valence-corrected chi connectivity index (χ1v) is 8.68. The molecule has 0 spiro atoms. The smallest absolute Gasteiger partial charge is 0.319 e. The Kier molecular flexibility index (Phi) is 5.49. The van der Waals surface area contributed by atoms with Crippen molar-refractivity contribution in [2.24, 2.45) is 5.92 Å². The van der Waals surface area contributed by atoms with E-state index >= 15 is 0 Å². The van der Waals surface area contributed by atoms with Crippen LogP contribution >= 0.6 is 0 Å². The second kappa shape index (κ2) is 7.99. The lowest BCUT2D eigenvalue weighted by Gasteiger charge is -2.34. The highest BCUT2D eigenvalue weighted by Gasteiger charge is 2.38. The molecule has 2 aromatic carbocycles. The number of nitrogens with one attached hydrogen (secondary N) is 3. The van der Waals surface area contributed by atoms with E-state index in [1.807, 2.05) is 0 Å². The van der Waals surface area contributed by atoms with E-state index < -0.39 is 29.7 Å². The number of rotatable bonds is 5. The van der Waals surface area contributed by atoms with Gasteiger partial charge in [0.1, 0.15) is 11.7 Å². The van der Waals surface area contributed by atoms with Gasteiger partial charge in [0.25, 0.3) is 0 Å². The van der Waals surface area contributed by atoms with E-state index in [1.165, 1.54) is 24.3 Å². The first-order chi connectivity index (χ1) is 13.4. The summed E-state index contributed by atoms with van der Waals surface area (Å²) in [6.45, 7) is 5.88. The van der Waals surface area contributed by atoms with Crippen LogP contribution in [-0.4, -0.2) is 23.7 Å². The third kappa shape index (κ3) is 3.90. The fourth-order valence-electron chi connectivity index (χ4n) is 3.04. The van der Waals surface area contributed by atoms with Crippen molar-refractivity contribution in [1.82, 2.24) is 10.6 Å². The largest absolute Gasteiger partial charge is 0.504 e. The molecule has 0 radical (unpaired) electrons. The predicted molar refractivity (Wildman–Crippen MR) is 101 cm³/mol. The zero-order valence-electron chi connectivity index (χ0n) is 15.2. The number of para-hydroxylation sites is 1. The molecule has 2 aromatic rings. The molecule has 1 aliphatic rings. The molecule has 3 rings (SSSR count). The number of halogens is 1. The molecule has 0 aliphatic carbocycles. The summed E-state index contributed by atoms with van der Waals surface area (Å²) < 4.78 is 19.3. The highest BCUT2D eigenvalue weighted by atomic mass is 19.1. The Balaban J connectivity index is 1.94. The van der Waals surface area contributed by atoms with Crippen LogP contribution in [0.5, 0.6) is 11.5 Å². The molecule has 4 N–H and O–H groups in total. The number of benzene rings is 2. The number of phenolic OH excluding ortho intramolecular Hbond substituents is 1. The lowest BCUT2D eigenvalue weighted by molar-refractivity contribution is -0.119. The summed E-state index contributed by atoms with van der Waals surface area (Å²) in [6.07, 6.45) is 0. The normalized spacial score (nSPS) is 18.8. The Labute approximate surface area is 161 Å². The van der Waals surface area contributed by atoms with Crippen molar-refractivity contribution >= 4 is 17.6 Å². The fourth-order valence-corrected chi connectivity index (χ4v) is 3.04. The van der Waals surface area contributed by atoms with Gasteiger partial charge in [-0.25, -0.2) is 9.18 Å². The maximum absolute atomic E-state index is 13.9. The van der Waals surface area contributed by atoms with Crippen molar-refractivity contribution < 1.29 is 23.8 Å². The van der Waals surface area contributed by atoms with Gasteiger partial charge in [-0.2, -0.15) is 0 Å². The topological polar surface area (TPSA) is 99.7 Å². The van der Waals surface area contributed by atoms with Gasteiger partial charge in [0.15, 0.2) is 11.5 Å². The molecule has 2 atom stereocenters. The van der Waals surface area contributed by atoms with Gasteiger partial charge in [0.05, 0.1) is 18.3 Å². The van der Waals surface area contributed by atoms with E-state index in [-0.39, 0.29) is 22.9 Å². The van der Waals surface area contributed by atoms with Crippen LogP contribution < -0.4 is 20.7 Å².